The van der Waals surface area contributed by atoms with Gasteiger partial charge in [0.2, 0.25) is 0 Å². The number of aryl methyl sites for hydroxylation is 1. The van der Waals surface area contributed by atoms with Crippen LogP contribution in [0, 0.1) is 11.8 Å². The van der Waals surface area contributed by atoms with Crippen molar-refractivity contribution in [2.24, 2.45) is 11.8 Å². The fourth-order valence-electron chi connectivity index (χ4n) is 3.58. The third-order valence-corrected chi connectivity index (χ3v) is 6.14. The first-order chi connectivity index (χ1) is 13.5. The SMILES string of the molecule is O=C(O)c1ccc(COC[C@H]2C(=O)CC(=O)[C@@H]2CCc2ccccc2CO)s1. The molecule has 28 heavy (non-hydrogen) atoms. The number of benzene rings is 1. The Kier molecular flexibility index (Phi) is 6.72. The zero-order valence-corrected chi connectivity index (χ0v) is 16.1. The van der Waals surface area contributed by atoms with Gasteiger partial charge in [0.1, 0.15) is 16.4 Å². The van der Waals surface area contributed by atoms with E-state index in [2.05, 4.69) is 0 Å². The molecule has 2 aromatic rings. The number of hydrogen-bond acceptors (Lipinski definition) is 6. The summed E-state index contributed by atoms with van der Waals surface area (Å²) in [7, 11) is 0. The number of Topliss-reactive ketones (excluding diaryl/α,β-unsaturated/α-hetero) is 2. The van der Waals surface area contributed by atoms with Crippen molar-refractivity contribution >= 4 is 28.9 Å². The average Bonchev–Trinajstić information content (AvgIpc) is 3.25. The van der Waals surface area contributed by atoms with Gasteiger partial charge in [0.05, 0.1) is 32.2 Å². The fraction of sp³-hybridized carbons (Fsp3) is 0.381. The highest BCUT2D eigenvalue weighted by Crippen LogP contribution is 2.31. The molecule has 1 aromatic heterocycles. The molecule has 3 rings (SSSR count). The lowest BCUT2D eigenvalue weighted by molar-refractivity contribution is -0.123. The molecule has 2 atom stereocenters. The number of rotatable bonds is 9. The second-order valence-electron chi connectivity index (χ2n) is 6.87. The fourth-order valence-corrected chi connectivity index (χ4v) is 4.36. The molecular formula is C21H22O6S. The quantitative estimate of drug-likeness (QED) is 0.626. The molecule has 1 aliphatic rings. The second kappa shape index (κ2) is 9.23. The topological polar surface area (TPSA) is 101 Å². The van der Waals surface area contributed by atoms with Crippen molar-refractivity contribution in [3.8, 4) is 0 Å². The Bertz CT molecular complexity index is 871. The highest BCUT2D eigenvalue weighted by molar-refractivity contribution is 7.13. The lowest BCUT2D eigenvalue weighted by Gasteiger charge is -2.18. The minimum atomic E-state index is -0.976. The molecule has 1 saturated carbocycles. The lowest BCUT2D eigenvalue weighted by atomic mass is 9.88. The number of carboxylic acid groups (broad SMARTS) is 1. The Morgan fingerprint density at radius 2 is 1.79 bits per heavy atom. The molecule has 1 aliphatic carbocycles. The van der Waals surface area contributed by atoms with E-state index in [1.54, 1.807) is 6.07 Å². The number of ketones is 2. The third-order valence-electron chi connectivity index (χ3n) is 5.09. The normalized spacial score (nSPS) is 19.3. The standard InChI is InChI=1S/C21H22O6S/c22-10-14-4-2-1-3-13(14)5-7-16-17(19(24)9-18(16)23)12-27-11-15-6-8-20(28-15)21(25)26/h1-4,6,8,16-17,22H,5,7,9-12H2,(H,25,26)/t16-,17-/m1/s1. The maximum atomic E-state index is 12.3. The van der Waals surface area contributed by atoms with Crippen LogP contribution in [0.1, 0.15) is 38.5 Å². The smallest absolute Gasteiger partial charge is 0.345 e. The van der Waals surface area contributed by atoms with Crippen molar-refractivity contribution in [1.82, 2.24) is 0 Å². The van der Waals surface area contributed by atoms with Gasteiger partial charge in [-0.05, 0) is 36.1 Å². The van der Waals surface area contributed by atoms with E-state index in [1.165, 1.54) is 6.07 Å². The largest absolute Gasteiger partial charge is 0.477 e. The molecule has 0 saturated heterocycles. The molecule has 6 nitrogen and oxygen atoms in total. The number of thiophene rings is 1. The summed E-state index contributed by atoms with van der Waals surface area (Å²) in [6, 6.07) is 10.7. The van der Waals surface area contributed by atoms with Gasteiger partial charge in [0, 0.05) is 10.8 Å². The van der Waals surface area contributed by atoms with Crippen LogP contribution in [0.25, 0.3) is 0 Å². The van der Waals surface area contributed by atoms with Crippen molar-refractivity contribution < 1.29 is 29.3 Å². The molecule has 0 aliphatic heterocycles. The summed E-state index contributed by atoms with van der Waals surface area (Å²) in [5.41, 5.74) is 1.82. The average molecular weight is 402 g/mol. The minimum Gasteiger partial charge on any atom is -0.477 e. The summed E-state index contributed by atoms with van der Waals surface area (Å²) >= 11 is 1.14. The van der Waals surface area contributed by atoms with Crippen LogP contribution in [-0.2, 0) is 34.0 Å². The van der Waals surface area contributed by atoms with Gasteiger partial charge in [-0.1, -0.05) is 24.3 Å². The van der Waals surface area contributed by atoms with Crippen LogP contribution < -0.4 is 0 Å². The predicted octanol–water partition coefficient (Wildman–Crippen LogP) is 2.86. The number of aliphatic hydroxyl groups is 1. The molecule has 1 heterocycles. The van der Waals surface area contributed by atoms with E-state index in [0.717, 1.165) is 27.3 Å². The van der Waals surface area contributed by atoms with Gasteiger partial charge in [-0.3, -0.25) is 9.59 Å². The summed E-state index contributed by atoms with van der Waals surface area (Å²) in [5.74, 6) is -1.96. The van der Waals surface area contributed by atoms with Gasteiger partial charge in [-0.15, -0.1) is 11.3 Å². The molecule has 0 amide bonds. The van der Waals surface area contributed by atoms with Crippen molar-refractivity contribution in [3.05, 3.63) is 57.3 Å². The molecule has 0 spiro atoms. The maximum Gasteiger partial charge on any atom is 0.345 e. The van der Waals surface area contributed by atoms with Gasteiger partial charge in [0.25, 0.3) is 0 Å². The summed E-state index contributed by atoms with van der Waals surface area (Å²) in [5, 5.41) is 18.4. The van der Waals surface area contributed by atoms with Crippen molar-refractivity contribution in [2.75, 3.05) is 6.61 Å². The highest BCUT2D eigenvalue weighted by atomic mass is 32.1. The molecule has 1 fully saturated rings. The number of carbonyl (C=O) groups excluding carboxylic acids is 2. The number of aromatic carboxylic acids is 1. The first-order valence-corrected chi connectivity index (χ1v) is 9.94. The first-order valence-electron chi connectivity index (χ1n) is 9.12. The van der Waals surface area contributed by atoms with Crippen LogP contribution in [0.5, 0.6) is 0 Å². The van der Waals surface area contributed by atoms with Crippen LogP contribution in [0.4, 0.5) is 0 Å². The third kappa shape index (κ3) is 4.73. The van der Waals surface area contributed by atoms with Crippen molar-refractivity contribution in [1.29, 1.82) is 0 Å². The van der Waals surface area contributed by atoms with E-state index in [-0.39, 0.29) is 48.6 Å². The molecule has 7 heteroatoms. The second-order valence-corrected chi connectivity index (χ2v) is 8.04. The molecule has 0 bridgehead atoms. The number of hydrogen-bond donors (Lipinski definition) is 2. The Hall–Kier alpha value is -2.35. The van der Waals surface area contributed by atoms with Gasteiger partial charge in [-0.2, -0.15) is 0 Å². The first kappa shape index (κ1) is 20.4. The van der Waals surface area contributed by atoms with Gasteiger partial charge in [0.15, 0.2) is 0 Å². The molecule has 0 unspecified atom stereocenters. The Balaban J connectivity index is 1.58. The van der Waals surface area contributed by atoms with E-state index in [0.29, 0.717) is 12.8 Å². The zero-order chi connectivity index (χ0) is 20.1. The van der Waals surface area contributed by atoms with Crippen LogP contribution in [0.15, 0.2) is 36.4 Å². The van der Waals surface area contributed by atoms with E-state index in [1.807, 2.05) is 24.3 Å². The Morgan fingerprint density at radius 3 is 2.46 bits per heavy atom. The van der Waals surface area contributed by atoms with E-state index in [9.17, 15) is 19.5 Å². The molecule has 0 radical (unpaired) electrons. The van der Waals surface area contributed by atoms with Crippen LogP contribution >= 0.6 is 11.3 Å². The Morgan fingerprint density at radius 1 is 1.07 bits per heavy atom. The summed E-state index contributed by atoms with van der Waals surface area (Å²) in [6.07, 6.45) is 1.10. The monoisotopic (exact) mass is 402 g/mol. The zero-order valence-electron chi connectivity index (χ0n) is 15.3. The predicted molar refractivity (Wildman–Crippen MR) is 103 cm³/mol. The van der Waals surface area contributed by atoms with Crippen LogP contribution in [-0.4, -0.2) is 34.4 Å². The van der Waals surface area contributed by atoms with Gasteiger partial charge in [-0.25, -0.2) is 4.79 Å². The van der Waals surface area contributed by atoms with Gasteiger partial charge < -0.3 is 14.9 Å². The maximum absolute atomic E-state index is 12.3. The lowest BCUT2D eigenvalue weighted by Crippen LogP contribution is -2.23. The Labute approximate surface area is 166 Å². The summed E-state index contributed by atoms with van der Waals surface area (Å²) < 4.78 is 5.65. The van der Waals surface area contributed by atoms with Crippen LogP contribution in [0.3, 0.4) is 0 Å². The number of ether oxygens (including phenoxy) is 1. The van der Waals surface area contributed by atoms with Crippen LogP contribution in [0.2, 0.25) is 0 Å². The molecule has 1 aromatic carbocycles. The van der Waals surface area contributed by atoms with Gasteiger partial charge >= 0.3 is 5.97 Å². The molecule has 148 valence electrons. The van der Waals surface area contributed by atoms with Crippen molar-refractivity contribution in [3.63, 3.8) is 0 Å². The van der Waals surface area contributed by atoms with E-state index >= 15 is 0 Å². The number of aliphatic hydroxyl groups excluding tert-OH is 1. The number of carboxylic acids is 1. The van der Waals surface area contributed by atoms with E-state index in [4.69, 9.17) is 9.84 Å². The summed E-state index contributed by atoms with van der Waals surface area (Å²) in [4.78, 5) is 36.5. The molecular weight excluding hydrogens is 380 g/mol. The minimum absolute atomic E-state index is 0.0515. The van der Waals surface area contributed by atoms with E-state index < -0.39 is 11.9 Å². The summed E-state index contributed by atoms with van der Waals surface area (Å²) in [6.45, 7) is 0.312. The molecule has 2 N–H and O–H groups in total. The van der Waals surface area contributed by atoms with Crippen molar-refractivity contribution in [2.45, 2.75) is 32.5 Å². The number of carbonyl (C=O) groups is 3. The highest BCUT2D eigenvalue weighted by Gasteiger charge is 2.41.